The Morgan fingerprint density at radius 2 is 2.10 bits per heavy atom. The molecular weight excluding hydrogens is 301 g/mol. The van der Waals surface area contributed by atoms with Crippen LogP contribution in [0.1, 0.15) is 35.0 Å². The summed E-state index contributed by atoms with van der Waals surface area (Å²) >= 11 is 11.9. The van der Waals surface area contributed by atoms with Gasteiger partial charge in [0.15, 0.2) is 5.69 Å². The molecule has 4 nitrogen and oxygen atoms in total. The number of nitrogens with zero attached hydrogens (tertiary/aromatic N) is 1. The van der Waals surface area contributed by atoms with Crippen molar-refractivity contribution in [2.45, 2.75) is 18.8 Å². The summed E-state index contributed by atoms with van der Waals surface area (Å²) in [6.07, 6.45) is 2.00. The molecule has 0 saturated heterocycles. The maximum atomic E-state index is 11.7. The molecule has 6 heteroatoms. The van der Waals surface area contributed by atoms with E-state index < -0.39 is 5.97 Å². The minimum absolute atomic E-state index is 0.246. The smallest absolute Gasteiger partial charge is 0.360 e. The summed E-state index contributed by atoms with van der Waals surface area (Å²) in [6.45, 7) is 0. The summed E-state index contributed by atoms with van der Waals surface area (Å²) in [5.41, 5.74) is 0.924. The maximum absolute atomic E-state index is 11.7. The molecule has 1 aromatic carbocycles. The van der Waals surface area contributed by atoms with Gasteiger partial charge >= 0.3 is 5.97 Å². The summed E-state index contributed by atoms with van der Waals surface area (Å²) in [6, 6.07) is 5.07. The molecule has 0 radical (unpaired) electrons. The van der Waals surface area contributed by atoms with E-state index in [0.29, 0.717) is 27.3 Å². The van der Waals surface area contributed by atoms with Crippen LogP contribution in [0, 0.1) is 0 Å². The Kier molecular flexibility index (Phi) is 3.44. The molecular formula is C14H11Cl2NO3. The predicted octanol–water partition coefficient (Wildman–Crippen LogP) is 4.31. The summed E-state index contributed by atoms with van der Waals surface area (Å²) < 4.78 is 10.5. The van der Waals surface area contributed by atoms with Gasteiger partial charge in [-0.15, -0.1) is 0 Å². The molecule has 0 unspecified atom stereocenters. The third-order valence-corrected chi connectivity index (χ3v) is 3.89. The molecule has 3 rings (SSSR count). The Labute approximate surface area is 125 Å². The summed E-state index contributed by atoms with van der Waals surface area (Å²) in [4.78, 5) is 16.0. The van der Waals surface area contributed by atoms with E-state index in [1.165, 1.54) is 7.11 Å². The van der Waals surface area contributed by atoms with Gasteiger partial charge in [-0.25, -0.2) is 9.78 Å². The Morgan fingerprint density at radius 1 is 1.35 bits per heavy atom. The molecule has 0 spiro atoms. The first-order valence-electron chi connectivity index (χ1n) is 6.14. The van der Waals surface area contributed by atoms with Crippen LogP contribution in [0.25, 0.3) is 11.5 Å². The van der Waals surface area contributed by atoms with Crippen molar-refractivity contribution in [1.82, 2.24) is 4.98 Å². The Hall–Kier alpha value is -1.52. The Morgan fingerprint density at radius 3 is 2.70 bits per heavy atom. The number of halogens is 2. The van der Waals surface area contributed by atoms with Gasteiger partial charge in [0.2, 0.25) is 5.89 Å². The van der Waals surface area contributed by atoms with Crippen molar-refractivity contribution in [3.05, 3.63) is 39.7 Å². The minimum Gasteiger partial charge on any atom is -0.464 e. The predicted molar refractivity (Wildman–Crippen MR) is 75.3 cm³/mol. The van der Waals surface area contributed by atoms with Gasteiger partial charge in [0.1, 0.15) is 5.76 Å². The molecule has 104 valence electrons. The molecule has 1 aromatic heterocycles. The third kappa shape index (κ3) is 2.41. The topological polar surface area (TPSA) is 52.3 Å². The number of aromatic nitrogens is 1. The quantitative estimate of drug-likeness (QED) is 0.792. The zero-order valence-corrected chi connectivity index (χ0v) is 12.2. The van der Waals surface area contributed by atoms with Gasteiger partial charge in [0, 0.05) is 11.5 Å². The summed E-state index contributed by atoms with van der Waals surface area (Å²) in [5.74, 6) is 0.721. The fourth-order valence-electron chi connectivity index (χ4n) is 1.95. The van der Waals surface area contributed by atoms with Crippen molar-refractivity contribution in [2.24, 2.45) is 0 Å². The monoisotopic (exact) mass is 311 g/mol. The standard InChI is InChI=1S/C14H11Cl2NO3/c1-19-14(18)11-12(7-2-3-7)20-13(17-11)8-4-5-9(15)10(16)6-8/h4-7H,2-3H2,1H3. The lowest BCUT2D eigenvalue weighted by atomic mass is 10.2. The molecule has 0 aliphatic heterocycles. The highest BCUT2D eigenvalue weighted by Gasteiger charge is 2.34. The van der Waals surface area contributed by atoms with Crippen LogP contribution in [0.3, 0.4) is 0 Å². The van der Waals surface area contributed by atoms with Gasteiger partial charge in [-0.1, -0.05) is 23.2 Å². The highest BCUT2D eigenvalue weighted by atomic mass is 35.5. The molecule has 20 heavy (non-hydrogen) atoms. The molecule has 0 bridgehead atoms. The lowest BCUT2D eigenvalue weighted by molar-refractivity contribution is 0.0592. The maximum Gasteiger partial charge on any atom is 0.360 e. The number of carbonyl (C=O) groups is 1. The first-order chi connectivity index (χ1) is 9.60. The number of esters is 1. The van der Waals surface area contributed by atoms with Crippen LogP contribution in [0.4, 0.5) is 0 Å². The van der Waals surface area contributed by atoms with E-state index in [9.17, 15) is 4.79 Å². The molecule has 1 heterocycles. The Balaban J connectivity index is 2.05. The summed E-state index contributed by atoms with van der Waals surface area (Å²) in [5, 5.41) is 0.868. The zero-order chi connectivity index (χ0) is 14.3. The second-order valence-electron chi connectivity index (χ2n) is 4.63. The van der Waals surface area contributed by atoms with Crippen molar-refractivity contribution in [2.75, 3.05) is 7.11 Å². The van der Waals surface area contributed by atoms with E-state index in [4.69, 9.17) is 32.4 Å². The molecule has 1 saturated carbocycles. The van der Waals surface area contributed by atoms with Gasteiger partial charge in [-0.2, -0.15) is 0 Å². The highest BCUT2D eigenvalue weighted by molar-refractivity contribution is 6.42. The number of ether oxygens (including phenoxy) is 1. The van der Waals surface area contributed by atoms with Gasteiger partial charge in [-0.05, 0) is 31.0 Å². The van der Waals surface area contributed by atoms with E-state index in [1.54, 1.807) is 18.2 Å². The first-order valence-corrected chi connectivity index (χ1v) is 6.90. The van der Waals surface area contributed by atoms with Crippen LogP contribution in [0.5, 0.6) is 0 Å². The number of hydrogen-bond donors (Lipinski definition) is 0. The van der Waals surface area contributed by atoms with E-state index >= 15 is 0 Å². The Bertz CT molecular complexity index is 677. The average Bonchev–Trinajstić information content (AvgIpc) is 3.20. The second-order valence-corrected chi connectivity index (χ2v) is 5.44. The SMILES string of the molecule is COC(=O)c1nc(-c2ccc(Cl)c(Cl)c2)oc1C1CC1. The molecule has 1 aliphatic rings. The second kappa shape index (κ2) is 5.11. The normalized spacial score (nSPS) is 14.3. The number of carbonyl (C=O) groups excluding carboxylic acids is 1. The van der Waals surface area contributed by atoms with Crippen LogP contribution >= 0.6 is 23.2 Å². The van der Waals surface area contributed by atoms with Crippen molar-refractivity contribution in [1.29, 1.82) is 0 Å². The highest BCUT2D eigenvalue weighted by Crippen LogP contribution is 2.43. The van der Waals surface area contributed by atoms with Gasteiger partial charge in [-0.3, -0.25) is 0 Å². The molecule has 0 N–H and O–H groups in total. The average molecular weight is 312 g/mol. The minimum atomic E-state index is -0.484. The molecule has 0 amide bonds. The fraction of sp³-hybridized carbons (Fsp3) is 0.286. The van der Waals surface area contributed by atoms with Crippen molar-refractivity contribution in [3.63, 3.8) is 0 Å². The number of rotatable bonds is 3. The molecule has 1 fully saturated rings. The van der Waals surface area contributed by atoms with Crippen LogP contribution < -0.4 is 0 Å². The first kappa shape index (κ1) is 13.5. The lowest BCUT2D eigenvalue weighted by Gasteiger charge is -1.98. The van der Waals surface area contributed by atoms with Crippen molar-refractivity contribution < 1.29 is 13.9 Å². The summed E-state index contributed by atoms with van der Waals surface area (Å²) in [7, 11) is 1.33. The van der Waals surface area contributed by atoms with Gasteiger partial charge < -0.3 is 9.15 Å². The van der Waals surface area contributed by atoms with Crippen LogP contribution in [-0.4, -0.2) is 18.1 Å². The van der Waals surface area contributed by atoms with E-state index in [1.807, 2.05) is 0 Å². The van der Waals surface area contributed by atoms with E-state index in [0.717, 1.165) is 12.8 Å². The largest absolute Gasteiger partial charge is 0.464 e. The van der Waals surface area contributed by atoms with Crippen LogP contribution in [-0.2, 0) is 4.74 Å². The van der Waals surface area contributed by atoms with Crippen LogP contribution in [0.15, 0.2) is 22.6 Å². The fourth-order valence-corrected chi connectivity index (χ4v) is 2.25. The molecule has 1 aliphatic carbocycles. The van der Waals surface area contributed by atoms with E-state index in [2.05, 4.69) is 4.98 Å². The van der Waals surface area contributed by atoms with E-state index in [-0.39, 0.29) is 11.6 Å². The van der Waals surface area contributed by atoms with Gasteiger partial charge in [0.05, 0.1) is 17.2 Å². The van der Waals surface area contributed by atoms with Crippen molar-refractivity contribution >= 4 is 29.2 Å². The number of oxazole rings is 1. The van der Waals surface area contributed by atoms with Crippen LogP contribution in [0.2, 0.25) is 10.0 Å². The molecule has 0 atom stereocenters. The lowest BCUT2D eigenvalue weighted by Crippen LogP contribution is -2.04. The zero-order valence-electron chi connectivity index (χ0n) is 10.7. The number of benzene rings is 1. The number of methoxy groups -OCH3 is 1. The van der Waals surface area contributed by atoms with Gasteiger partial charge in [0.25, 0.3) is 0 Å². The number of hydrogen-bond acceptors (Lipinski definition) is 4. The van der Waals surface area contributed by atoms with Crippen molar-refractivity contribution in [3.8, 4) is 11.5 Å². The molecule has 2 aromatic rings. The third-order valence-electron chi connectivity index (χ3n) is 3.15.